The number of nitro groups is 1. The number of rotatable bonds is 3. The average molecular weight is 282 g/mol. The molecular formula is C15H10N2O2S. The van der Waals surface area contributed by atoms with Crippen molar-refractivity contribution in [3.8, 4) is 21.8 Å². The van der Waals surface area contributed by atoms with Gasteiger partial charge < -0.3 is 0 Å². The minimum atomic E-state index is -0.369. The van der Waals surface area contributed by atoms with E-state index in [-0.39, 0.29) is 9.92 Å². The third kappa shape index (κ3) is 2.31. The third-order valence-corrected chi connectivity index (χ3v) is 3.90. The molecule has 0 N–H and O–H groups in total. The zero-order valence-corrected chi connectivity index (χ0v) is 11.2. The van der Waals surface area contributed by atoms with Crippen molar-refractivity contribution in [3.05, 3.63) is 70.8 Å². The summed E-state index contributed by atoms with van der Waals surface area (Å²) in [7, 11) is 0. The second kappa shape index (κ2) is 5.22. The van der Waals surface area contributed by atoms with Gasteiger partial charge in [-0.3, -0.25) is 10.1 Å². The highest BCUT2D eigenvalue weighted by Gasteiger charge is 2.22. The monoisotopic (exact) mass is 282 g/mol. The van der Waals surface area contributed by atoms with Crippen LogP contribution in [-0.2, 0) is 0 Å². The molecule has 0 aliphatic rings. The molecule has 0 radical (unpaired) electrons. The number of aromatic nitrogens is 1. The molecule has 1 heterocycles. The van der Waals surface area contributed by atoms with Crippen molar-refractivity contribution in [1.82, 2.24) is 4.98 Å². The lowest BCUT2D eigenvalue weighted by molar-refractivity contribution is -0.379. The molecule has 0 saturated heterocycles. The van der Waals surface area contributed by atoms with Crippen LogP contribution in [0, 0.1) is 10.1 Å². The minimum absolute atomic E-state index is 0.0788. The molecule has 0 saturated carbocycles. The molecule has 0 unspecified atom stereocenters. The van der Waals surface area contributed by atoms with Gasteiger partial charge in [0.25, 0.3) is 0 Å². The molecule has 0 aliphatic carbocycles. The van der Waals surface area contributed by atoms with Crippen molar-refractivity contribution >= 4 is 16.3 Å². The largest absolute Gasteiger partial charge is 0.352 e. The van der Waals surface area contributed by atoms with E-state index in [2.05, 4.69) is 4.98 Å². The van der Waals surface area contributed by atoms with E-state index in [9.17, 15) is 10.1 Å². The molecule has 0 atom stereocenters. The Morgan fingerprint density at radius 2 is 1.45 bits per heavy atom. The van der Waals surface area contributed by atoms with Crippen LogP contribution in [0.4, 0.5) is 5.00 Å². The van der Waals surface area contributed by atoms with Crippen LogP contribution in [0.25, 0.3) is 21.8 Å². The first kappa shape index (κ1) is 12.5. The lowest BCUT2D eigenvalue weighted by atomic mass is 10.1. The van der Waals surface area contributed by atoms with Gasteiger partial charge in [0.2, 0.25) is 0 Å². The molecule has 3 rings (SSSR count). The fourth-order valence-corrected chi connectivity index (χ4v) is 2.83. The topological polar surface area (TPSA) is 56.0 Å². The Morgan fingerprint density at radius 1 is 0.900 bits per heavy atom. The van der Waals surface area contributed by atoms with Crippen molar-refractivity contribution in [2.75, 3.05) is 0 Å². The SMILES string of the molecule is O=[N+]([O-])c1sc(-c2ccccc2)nc1-c1ccccc1. The molecule has 2 aromatic carbocycles. The zero-order valence-electron chi connectivity index (χ0n) is 10.4. The van der Waals surface area contributed by atoms with Crippen LogP contribution in [0.5, 0.6) is 0 Å². The first-order chi connectivity index (χ1) is 9.75. The van der Waals surface area contributed by atoms with Crippen molar-refractivity contribution in [2.24, 2.45) is 0 Å². The molecule has 98 valence electrons. The van der Waals surface area contributed by atoms with E-state index >= 15 is 0 Å². The van der Waals surface area contributed by atoms with Crippen LogP contribution in [0.3, 0.4) is 0 Å². The van der Waals surface area contributed by atoms with Gasteiger partial charge in [0.15, 0.2) is 5.69 Å². The fourth-order valence-electron chi connectivity index (χ4n) is 1.92. The van der Waals surface area contributed by atoms with Gasteiger partial charge in [-0.2, -0.15) is 0 Å². The van der Waals surface area contributed by atoms with Crippen LogP contribution in [-0.4, -0.2) is 9.91 Å². The summed E-state index contributed by atoms with van der Waals surface area (Å²) in [6.07, 6.45) is 0. The van der Waals surface area contributed by atoms with Gasteiger partial charge in [-0.25, -0.2) is 4.98 Å². The molecule has 0 bridgehead atoms. The van der Waals surface area contributed by atoms with Gasteiger partial charge >= 0.3 is 5.00 Å². The second-order valence-corrected chi connectivity index (χ2v) is 5.14. The van der Waals surface area contributed by atoms with Crippen molar-refractivity contribution < 1.29 is 4.92 Å². The normalized spacial score (nSPS) is 10.4. The molecule has 0 fully saturated rings. The molecule has 4 nitrogen and oxygen atoms in total. The zero-order chi connectivity index (χ0) is 13.9. The fraction of sp³-hybridized carbons (Fsp3) is 0. The van der Waals surface area contributed by atoms with Gasteiger partial charge in [0, 0.05) is 11.1 Å². The number of thiazole rings is 1. The summed E-state index contributed by atoms with van der Waals surface area (Å²) in [4.78, 5) is 15.3. The van der Waals surface area contributed by atoms with Gasteiger partial charge in [-0.05, 0) is 11.3 Å². The lowest BCUT2D eigenvalue weighted by Gasteiger charge is -1.95. The summed E-state index contributed by atoms with van der Waals surface area (Å²) in [6.45, 7) is 0. The van der Waals surface area contributed by atoms with E-state index < -0.39 is 0 Å². The Bertz CT molecular complexity index is 739. The quantitative estimate of drug-likeness (QED) is 0.529. The predicted molar refractivity (Wildman–Crippen MR) is 79.6 cm³/mol. The summed E-state index contributed by atoms with van der Waals surface area (Å²) >= 11 is 1.11. The van der Waals surface area contributed by atoms with Gasteiger partial charge in [0.05, 0.1) is 4.92 Å². The van der Waals surface area contributed by atoms with E-state index in [1.165, 1.54) is 0 Å². The summed E-state index contributed by atoms with van der Waals surface area (Å²) in [6, 6.07) is 18.7. The minimum Gasteiger partial charge on any atom is -0.257 e. The Morgan fingerprint density at radius 3 is 2.00 bits per heavy atom. The molecule has 1 aromatic heterocycles. The van der Waals surface area contributed by atoms with Crippen LogP contribution in [0.2, 0.25) is 0 Å². The van der Waals surface area contributed by atoms with Gasteiger partial charge in [0.1, 0.15) is 5.01 Å². The maximum Gasteiger partial charge on any atom is 0.352 e. The van der Waals surface area contributed by atoms with Crippen LogP contribution >= 0.6 is 11.3 Å². The maximum absolute atomic E-state index is 11.2. The Kier molecular flexibility index (Phi) is 3.26. The second-order valence-electron chi connectivity index (χ2n) is 4.16. The van der Waals surface area contributed by atoms with Crippen LogP contribution in [0.15, 0.2) is 60.7 Å². The predicted octanol–water partition coefficient (Wildman–Crippen LogP) is 4.39. The first-order valence-electron chi connectivity index (χ1n) is 6.02. The smallest absolute Gasteiger partial charge is 0.257 e. The highest BCUT2D eigenvalue weighted by Crippen LogP contribution is 2.38. The number of hydrogen-bond acceptors (Lipinski definition) is 4. The van der Waals surface area contributed by atoms with E-state index in [0.29, 0.717) is 10.7 Å². The van der Waals surface area contributed by atoms with Crippen LogP contribution in [0.1, 0.15) is 0 Å². The van der Waals surface area contributed by atoms with Crippen molar-refractivity contribution in [1.29, 1.82) is 0 Å². The van der Waals surface area contributed by atoms with Gasteiger partial charge in [-0.1, -0.05) is 60.7 Å². The molecule has 0 spiro atoms. The molecule has 3 aromatic rings. The molecular weight excluding hydrogens is 272 g/mol. The molecule has 0 aliphatic heterocycles. The van der Waals surface area contributed by atoms with E-state index in [1.807, 2.05) is 60.7 Å². The first-order valence-corrected chi connectivity index (χ1v) is 6.83. The number of hydrogen-bond donors (Lipinski definition) is 0. The highest BCUT2D eigenvalue weighted by atomic mass is 32.1. The molecule has 20 heavy (non-hydrogen) atoms. The molecule has 5 heteroatoms. The van der Waals surface area contributed by atoms with Crippen molar-refractivity contribution in [2.45, 2.75) is 0 Å². The van der Waals surface area contributed by atoms with E-state index in [1.54, 1.807) is 0 Å². The maximum atomic E-state index is 11.2. The Hall–Kier alpha value is -2.53. The Labute approximate surface area is 119 Å². The molecule has 0 amide bonds. The van der Waals surface area contributed by atoms with Crippen LogP contribution < -0.4 is 0 Å². The van der Waals surface area contributed by atoms with Gasteiger partial charge in [-0.15, -0.1) is 0 Å². The van der Waals surface area contributed by atoms with E-state index in [4.69, 9.17) is 0 Å². The van der Waals surface area contributed by atoms with E-state index in [0.717, 1.165) is 22.5 Å². The number of nitrogens with zero attached hydrogens (tertiary/aromatic N) is 2. The third-order valence-electron chi connectivity index (χ3n) is 2.84. The highest BCUT2D eigenvalue weighted by molar-refractivity contribution is 7.18. The average Bonchev–Trinajstić information content (AvgIpc) is 2.94. The Balaban J connectivity index is 2.15. The summed E-state index contributed by atoms with van der Waals surface area (Å²) in [5, 5.41) is 12.0. The number of benzene rings is 2. The van der Waals surface area contributed by atoms with Crippen molar-refractivity contribution in [3.63, 3.8) is 0 Å². The summed E-state index contributed by atoms with van der Waals surface area (Å²) in [5.41, 5.74) is 2.08. The summed E-state index contributed by atoms with van der Waals surface area (Å²) < 4.78 is 0. The summed E-state index contributed by atoms with van der Waals surface area (Å²) in [5.74, 6) is 0. The lowest BCUT2D eigenvalue weighted by Crippen LogP contribution is -1.87. The standard InChI is InChI=1S/C15H10N2O2S/c18-17(19)15-13(11-7-3-1-4-8-11)16-14(20-15)12-9-5-2-6-10-12/h1-10H.